The molecular formula is C27H29N3O2. The summed E-state index contributed by atoms with van der Waals surface area (Å²) in [5.74, 6) is 0.0938. The van der Waals surface area contributed by atoms with E-state index in [9.17, 15) is 9.59 Å². The quantitative estimate of drug-likeness (QED) is 0.643. The van der Waals surface area contributed by atoms with Gasteiger partial charge in [0.25, 0.3) is 5.91 Å². The smallest absolute Gasteiger partial charge is 0.255 e. The Hall–Kier alpha value is -3.44. The van der Waals surface area contributed by atoms with Crippen molar-refractivity contribution in [1.29, 1.82) is 0 Å². The van der Waals surface area contributed by atoms with Gasteiger partial charge >= 0.3 is 0 Å². The molecule has 5 heteroatoms. The standard InChI is InChI=1S/C27H29N3O2/c1-21-7-5-6-8-24(21)19-26(31)30-17-15-29(16-18-30)20-22-11-13-23(14-12-22)27(32)28-25-9-3-2-4-10-25/h2-14H,15-20H2,1H3,(H,28,32). The minimum atomic E-state index is -0.108. The fourth-order valence-electron chi connectivity index (χ4n) is 3.98. The van der Waals surface area contributed by atoms with Crippen LogP contribution >= 0.6 is 0 Å². The molecule has 0 aliphatic carbocycles. The summed E-state index contributed by atoms with van der Waals surface area (Å²) in [6, 6.07) is 25.3. The van der Waals surface area contributed by atoms with E-state index >= 15 is 0 Å². The summed E-state index contributed by atoms with van der Waals surface area (Å²) in [6.45, 7) is 6.09. The molecule has 0 atom stereocenters. The molecule has 1 aliphatic rings. The van der Waals surface area contributed by atoms with Crippen LogP contribution in [0.4, 0.5) is 5.69 Å². The lowest BCUT2D eigenvalue weighted by Crippen LogP contribution is -2.48. The molecule has 0 radical (unpaired) electrons. The molecule has 1 saturated heterocycles. The normalized spacial score (nSPS) is 14.2. The molecular weight excluding hydrogens is 398 g/mol. The number of anilines is 1. The highest BCUT2D eigenvalue weighted by Gasteiger charge is 2.21. The molecule has 5 nitrogen and oxygen atoms in total. The number of aryl methyl sites for hydroxylation is 1. The number of piperazine rings is 1. The van der Waals surface area contributed by atoms with E-state index in [1.54, 1.807) is 0 Å². The van der Waals surface area contributed by atoms with Crippen LogP contribution in [0, 0.1) is 6.92 Å². The summed E-state index contributed by atoms with van der Waals surface area (Å²) in [5.41, 5.74) is 4.87. The van der Waals surface area contributed by atoms with Crippen LogP contribution < -0.4 is 5.32 Å². The maximum atomic E-state index is 12.7. The first-order valence-electron chi connectivity index (χ1n) is 11.1. The van der Waals surface area contributed by atoms with Crippen molar-refractivity contribution in [3.63, 3.8) is 0 Å². The molecule has 4 rings (SSSR count). The predicted molar refractivity (Wildman–Crippen MR) is 128 cm³/mol. The second kappa shape index (κ2) is 10.2. The van der Waals surface area contributed by atoms with Gasteiger partial charge in [0.15, 0.2) is 0 Å². The number of nitrogens with zero attached hydrogens (tertiary/aromatic N) is 2. The molecule has 164 valence electrons. The summed E-state index contributed by atoms with van der Waals surface area (Å²) in [7, 11) is 0. The van der Waals surface area contributed by atoms with E-state index in [0.29, 0.717) is 12.0 Å². The highest BCUT2D eigenvalue weighted by atomic mass is 16.2. The number of rotatable bonds is 6. The van der Waals surface area contributed by atoms with E-state index < -0.39 is 0 Å². The average molecular weight is 428 g/mol. The van der Waals surface area contributed by atoms with Gasteiger partial charge < -0.3 is 10.2 Å². The zero-order chi connectivity index (χ0) is 22.3. The third-order valence-electron chi connectivity index (χ3n) is 5.98. The lowest BCUT2D eigenvalue weighted by molar-refractivity contribution is -0.132. The van der Waals surface area contributed by atoms with Crippen molar-refractivity contribution in [1.82, 2.24) is 9.80 Å². The van der Waals surface area contributed by atoms with Crippen LogP contribution in [-0.2, 0) is 17.8 Å². The van der Waals surface area contributed by atoms with Crippen molar-refractivity contribution in [3.8, 4) is 0 Å². The Labute approximate surface area is 189 Å². The molecule has 0 unspecified atom stereocenters. The summed E-state index contributed by atoms with van der Waals surface area (Å²) in [6.07, 6.45) is 0.471. The first kappa shape index (κ1) is 21.8. The van der Waals surface area contributed by atoms with Crippen LogP contribution in [0.5, 0.6) is 0 Å². The Kier molecular flexibility index (Phi) is 6.97. The number of carbonyl (C=O) groups is 2. The molecule has 1 N–H and O–H groups in total. The van der Waals surface area contributed by atoms with Gasteiger partial charge in [0.2, 0.25) is 5.91 Å². The van der Waals surface area contributed by atoms with Gasteiger partial charge in [-0.3, -0.25) is 14.5 Å². The molecule has 1 heterocycles. The maximum Gasteiger partial charge on any atom is 0.255 e. The molecule has 0 bridgehead atoms. The highest BCUT2D eigenvalue weighted by Crippen LogP contribution is 2.14. The van der Waals surface area contributed by atoms with Crippen molar-refractivity contribution in [2.24, 2.45) is 0 Å². The van der Waals surface area contributed by atoms with Crippen LogP contribution in [0.1, 0.15) is 27.0 Å². The number of hydrogen-bond donors (Lipinski definition) is 1. The Morgan fingerprint density at radius 1 is 0.812 bits per heavy atom. The van der Waals surface area contributed by atoms with Gasteiger partial charge in [-0.2, -0.15) is 0 Å². The van der Waals surface area contributed by atoms with Crippen molar-refractivity contribution in [2.75, 3.05) is 31.5 Å². The molecule has 3 aromatic carbocycles. The van der Waals surface area contributed by atoms with Gasteiger partial charge in [0.1, 0.15) is 0 Å². The number of nitrogens with one attached hydrogen (secondary N) is 1. The molecule has 0 saturated carbocycles. The predicted octanol–water partition coefficient (Wildman–Crippen LogP) is 4.13. The first-order valence-corrected chi connectivity index (χ1v) is 11.1. The number of carbonyl (C=O) groups excluding carboxylic acids is 2. The van der Waals surface area contributed by atoms with Gasteiger partial charge in [0, 0.05) is 44.0 Å². The van der Waals surface area contributed by atoms with Crippen molar-refractivity contribution < 1.29 is 9.59 Å². The lowest BCUT2D eigenvalue weighted by atomic mass is 10.1. The van der Waals surface area contributed by atoms with Crippen LogP contribution in [0.3, 0.4) is 0 Å². The van der Waals surface area contributed by atoms with E-state index in [1.807, 2.05) is 77.7 Å². The summed E-state index contributed by atoms with van der Waals surface area (Å²) >= 11 is 0. The molecule has 0 aromatic heterocycles. The fraction of sp³-hybridized carbons (Fsp3) is 0.259. The van der Waals surface area contributed by atoms with E-state index in [1.165, 1.54) is 11.1 Å². The van der Waals surface area contributed by atoms with Gasteiger partial charge in [0.05, 0.1) is 6.42 Å². The largest absolute Gasteiger partial charge is 0.340 e. The summed E-state index contributed by atoms with van der Waals surface area (Å²) in [5, 5.41) is 2.91. The van der Waals surface area contributed by atoms with Crippen LogP contribution in [0.25, 0.3) is 0 Å². The second-order valence-corrected chi connectivity index (χ2v) is 8.28. The number of benzene rings is 3. The summed E-state index contributed by atoms with van der Waals surface area (Å²) < 4.78 is 0. The van der Waals surface area contributed by atoms with Crippen molar-refractivity contribution in [3.05, 3.63) is 101 Å². The van der Waals surface area contributed by atoms with E-state index in [-0.39, 0.29) is 11.8 Å². The van der Waals surface area contributed by atoms with Crippen molar-refractivity contribution in [2.45, 2.75) is 19.9 Å². The van der Waals surface area contributed by atoms with Crippen LogP contribution in [0.15, 0.2) is 78.9 Å². The third-order valence-corrected chi connectivity index (χ3v) is 5.98. The minimum absolute atomic E-state index is 0.108. The van der Waals surface area contributed by atoms with Gasteiger partial charge in [-0.1, -0.05) is 54.6 Å². The average Bonchev–Trinajstić information content (AvgIpc) is 2.82. The fourth-order valence-corrected chi connectivity index (χ4v) is 3.98. The van der Waals surface area contributed by atoms with Gasteiger partial charge in [-0.25, -0.2) is 0 Å². The number of hydrogen-bond acceptors (Lipinski definition) is 3. The zero-order valence-corrected chi connectivity index (χ0v) is 18.5. The van der Waals surface area contributed by atoms with Crippen LogP contribution in [-0.4, -0.2) is 47.8 Å². The Balaban J connectivity index is 1.25. The molecule has 0 spiro atoms. The summed E-state index contributed by atoms with van der Waals surface area (Å²) in [4.78, 5) is 29.4. The Bertz CT molecular complexity index is 1060. The third kappa shape index (κ3) is 5.62. The molecule has 2 amide bonds. The van der Waals surface area contributed by atoms with Crippen LogP contribution in [0.2, 0.25) is 0 Å². The van der Waals surface area contributed by atoms with E-state index in [0.717, 1.165) is 44.0 Å². The van der Waals surface area contributed by atoms with Crippen molar-refractivity contribution >= 4 is 17.5 Å². The molecule has 1 aliphatic heterocycles. The second-order valence-electron chi connectivity index (χ2n) is 8.28. The number of amides is 2. The Morgan fingerprint density at radius 2 is 1.47 bits per heavy atom. The SMILES string of the molecule is Cc1ccccc1CC(=O)N1CCN(Cc2ccc(C(=O)Nc3ccccc3)cc2)CC1. The minimum Gasteiger partial charge on any atom is -0.340 e. The monoisotopic (exact) mass is 427 g/mol. The molecule has 32 heavy (non-hydrogen) atoms. The zero-order valence-electron chi connectivity index (χ0n) is 18.5. The van der Waals surface area contributed by atoms with E-state index in [4.69, 9.17) is 0 Å². The maximum absolute atomic E-state index is 12.7. The molecule has 3 aromatic rings. The van der Waals surface area contributed by atoms with Gasteiger partial charge in [-0.05, 0) is 47.9 Å². The Morgan fingerprint density at radius 3 is 2.16 bits per heavy atom. The lowest BCUT2D eigenvalue weighted by Gasteiger charge is -2.35. The topological polar surface area (TPSA) is 52.7 Å². The first-order chi connectivity index (χ1) is 15.6. The van der Waals surface area contributed by atoms with Gasteiger partial charge in [-0.15, -0.1) is 0 Å². The number of para-hydroxylation sites is 1. The van der Waals surface area contributed by atoms with E-state index in [2.05, 4.69) is 23.2 Å². The molecule has 1 fully saturated rings. The highest BCUT2D eigenvalue weighted by molar-refractivity contribution is 6.04.